The zero-order chi connectivity index (χ0) is 19.3. The smallest absolute Gasteiger partial charge is 0.435 e. The number of aromatic nitrogens is 2. The molecule has 0 radical (unpaired) electrons. The molecular weight excluding hydrogens is 357 g/mol. The van der Waals surface area contributed by atoms with Gasteiger partial charge in [0.05, 0.1) is 12.6 Å². The predicted molar refractivity (Wildman–Crippen MR) is 94.0 cm³/mol. The number of benzene rings is 1. The van der Waals surface area contributed by atoms with Crippen molar-refractivity contribution in [1.29, 1.82) is 0 Å². The highest BCUT2D eigenvalue weighted by Crippen LogP contribution is 2.36. The van der Waals surface area contributed by atoms with Crippen LogP contribution >= 0.6 is 0 Å². The zero-order valence-corrected chi connectivity index (χ0v) is 14.8. The van der Waals surface area contributed by atoms with Crippen molar-refractivity contribution in [2.24, 2.45) is 5.92 Å². The van der Waals surface area contributed by atoms with Gasteiger partial charge in [-0.05, 0) is 35.6 Å². The van der Waals surface area contributed by atoms with Crippen LogP contribution in [0.15, 0.2) is 36.4 Å². The molecule has 1 aromatic carbocycles. The maximum absolute atomic E-state index is 13.2. The summed E-state index contributed by atoms with van der Waals surface area (Å²) in [7, 11) is 1.38. The number of hydrogen-bond acceptors (Lipinski definition) is 3. The second-order valence-electron chi connectivity index (χ2n) is 6.92. The molecule has 1 aliphatic rings. The molecule has 2 aromatic heterocycles. The van der Waals surface area contributed by atoms with E-state index in [2.05, 4.69) is 5.10 Å². The molecule has 1 atom stereocenters. The number of ether oxygens (including phenoxy) is 1. The average Bonchev–Trinajstić information content (AvgIpc) is 3.06. The Labute approximate surface area is 153 Å². The Hall–Kier alpha value is -2.83. The Morgan fingerprint density at radius 2 is 1.85 bits per heavy atom. The summed E-state index contributed by atoms with van der Waals surface area (Å²) >= 11 is 0. The molecule has 27 heavy (non-hydrogen) atoms. The minimum absolute atomic E-state index is 0.110. The summed E-state index contributed by atoms with van der Waals surface area (Å²) in [5, 5.41) is 3.67. The number of nitrogens with zero attached hydrogens (tertiary/aromatic N) is 2. The van der Waals surface area contributed by atoms with Gasteiger partial charge in [0.2, 0.25) is 5.88 Å². The maximum atomic E-state index is 13.2. The highest BCUT2D eigenvalue weighted by Gasteiger charge is 2.35. The first-order valence-electron chi connectivity index (χ1n) is 8.58. The number of pyridine rings is 1. The molecule has 0 bridgehead atoms. The topological polar surface area (TPSA) is 43.6 Å². The molecule has 0 saturated heterocycles. The van der Waals surface area contributed by atoms with Gasteiger partial charge in [-0.1, -0.05) is 25.1 Å². The van der Waals surface area contributed by atoms with E-state index in [0.717, 1.165) is 28.1 Å². The van der Waals surface area contributed by atoms with Crippen LogP contribution in [0.4, 0.5) is 13.2 Å². The van der Waals surface area contributed by atoms with E-state index in [1.54, 1.807) is 24.3 Å². The van der Waals surface area contributed by atoms with Gasteiger partial charge in [-0.2, -0.15) is 22.8 Å². The van der Waals surface area contributed by atoms with Gasteiger partial charge in [0.25, 0.3) is 0 Å². The molecule has 4 nitrogen and oxygen atoms in total. The zero-order valence-electron chi connectivity index (χ0n) is 14.8. The van der Waals surface area contributed by atoms with Crippen LogP contribution in [0.1, 0.15) is 35.0 Å². The first kappa shape index (κ1) is 17.6. The molecule has 4 rings (SSSR count). The van der Waals surface area contributed by atoms with Gasteiger partial charge in [0.15, 0.2) is 11.5 Å². The Kier molecular flexibility index (Phi) is 3.98. The molecule has 1 aliphatic carbocycles. The predicted octanol–water partition coefficient (Wildman–Crippen LogP) is 4.79. The van der Waals surface area contributed by atoms with Crippen molar-refractivity contribution in [3.05, 3.63) is 53.2 Å². The Balaban J connectivity index is 1.91. The molecular formula is C20H17F3N2O2. The summed E-state index contributed by atoms with van der Waals surface area (Å²) in [6.45, 7) is 2.02. The minimum atomic E-state index is -4.55. The van der Waals surface area contributed by atoms with Crippen LogP contribution in [0.3, 0.4) is 0 Å². The van der Waals surface area contributed by atoms with Crippen LogP contribution in [0.25, 0.3) is 16.6 Å². The number of ketones is 1. The van der Waals surface area contributed by atoms with Crippen molar-refractivity contribution >= 4 is 11.3 Å². The van der Waals surface area contributed by atoms with E-state index in [1.807, 2.05) is 13.0 Å². The number of carbonyl (C=O) groups excluding carboxylic acids is 1. The lowest BCUT2D eigenvalue weighted by Crippen LogP contribution is -2.17. The van der Waals surface area contributed by atoms with Crippen molar-refractivity contribution in [3.63, 3.8) is 0 Å². The molecule has 0 N–H and O–H groups in total. The van der Waals surface area contributed by atoms with Crippen LogP contribution in [0.5, 0.6) is 5.88 Å². The number of carbonyl (C=O) groups is 1. The van der Waals surface area contributed by atoms with Gasteiger partial charge >= 0.3 is 6.18 Å². The lowest BCUT2D eigenvalue weighted by Gasteiger charge is -2.21. The fourth-order valence-corrected chi connectivity index (χ4v) is 3.66. The van der Waals surface area contributed by atoms with Crippen molar-refractivity contribution in [2.75, 3.05) is 7.11 Å². The lowest BCUT2D eigenvalue weighted by molar-refractivity contribution is -0.141. The van der Waals surface area contributed by atoms with Crippen LogP contribution in [-0.2, 0) is 12.6 Å². The fraction of sp³-hybridized carbons (Fsp3) is 0.300. The van der Waals surface area contributed by atoms with E-state index in [1.165, 1.54) is 7.11 Å². The van der Waals surface area contributed by atoms with E-state index in [-0.39, 0.29) is 17.6 Å². The van der Waals surface area contributed by atoms with Crippen LogP contribution in [0, 0.1) is 5.92 Å². The average molecular weight is 374 g/mol. The molecule has 0 fully saturated rings. The van der Waals surface area contributed by atoms with E-state index < -0.39 is 11.9 Å². The molecule has 0 saturated carbocycles. The van der Waals surface area contributed by atoms with Gasteiger partial charge in [0.1, 0.15) is 0 Å². The summed E-state index contributed by atoms with van der Waals surface area (Å²) in [4.78, 5) is 12.2. The van der Waals surface area contributed by atoms with Crippen molar-refractivity contribution < 1.29 is 22.7 Å². The summed E-state index contributed by atoms with van der Waals surface area (Å²) < 4.78 is 45.8. The molecule has 0 amide bonds. The van der Waals surface area contributed by atoms with Crippen molar-refractivity contribution in [3.8, 4) is 17.0 Å². The van der Waals surface area contributed by atoms with Gasteiger partial charge in [-0.15, -0.1) is 0 Å². The number of fused-ring (bicyclic) bond motifs is 2. The number of hydrogen-bond donors (Lipinski definition) is 0. The second kappa shape index (κ2) is 6.11. The molecule has 0 aliphatic heterocycles. The number of methoxy groups -OCH3 is 1. The Morgan fingerprint density at radius 3 is 2.56 bits per heavy atom. The molecule has 2 heterocycles. The van der Waals surface area contributed by atoms with Gasteiger partial charge in [-0.3, -0.25) is 4.79 Å². The normalized spacial score (nSPS) is 17.2. The molecule has 0 spiro atoms. The standard InChI is InChI=1S/C20H17F3N2O2/c1-11-7-13-9-12(3-4-15(13)17(26)8-11)14-5-6-19(27-2)25-16(14)10-18(24-25)20(21,22)23/h3-6,9-11H,7-8H2,1-2H3. The summed E-state index contributed by atoms with van der Waals surface area (Å²) in [6, 6.07) is 9.75. The number of rotatable bonds is 2. The van der Waals surface area contributed by atoms with Crippen molar-refractivity contribution in [1.82, 2.24) is 9.61 Å². The molecule has 3 aromatic rings. The van der Waals surface area contributed by atoms with Gasteiger partial charge in [0, 0.05) is 23.6 Å². The fourth-order valence-electron chi connectivity index (χ4n) is 3.66. The third-order valence-corrected chi connectivity index (χ3v) is 4.91. The summed E-state index contributed by atoms with van der Waals surface area (Å²) in [5.74, 6) is 0.577. The maximum Gasteiger partial charge on any atom is 0.435 e. The Bertz CT molecular complexity index is 1050. The number of alkyl halides is 3. The molecule has 140 valence electrons. The molecule has 1 unspecified atom stereocenters. The SMILES string of the molecule is COc1ccc(-c2ccc3c(c2)CC(C)CC3=O)c2cc(C(F)(F)F)nn12. The Morgan fingerprint density at radius 1 is 1.11 bits per heavy atom. The van der Waals surface area contributed by atoms with E-state index in [4.69, 9.17) is 4.74 Å². The highest BCUT2D eigenvalue weighted by molar-refractivity contribution is 5.99. The van der Waals surface area contributed by atoms with Gasteiger partial charge < -0.3 is 4.74 Å². The summed E-state index contributed by atoms with van der Waals surface area (Å²) in [5.41, 5.74) is 2.31. The third kappa shape index (κ3) is 2.97. The van der Waals surface area contributed by atoms with Crippen LogP contribution < -0.4 is 4.74 Å². The van der Waals surface area contributed by atoms with E-state index >= 15 is 0 Å². The third-order valence-electron chi connectivity index (χ3n) is 4.91. The quantitative estimate of drug-likeness (QED) is 0.648. The lowest BCUT2D eigenvalue weighted by atomic mass is 9.83. The second-order valence-corrected chi connectivity index (χ2v) is 6.92. The van der Waals surface area contributed by atoms with E-state index in [9.17, 15) is 18.0 Å². The van der Waals surface area contributed by atoms with E-state index in [0.29, 0.717) is 23.1 Å². The van der Waals surface area contributed by atoms with Gasteiger partial charge in [-0.25, -0.2) is 0 Å². The highest BCUT2D eigenvalue weighted by atomic mass is 19.4. The minimum Gasteiger partial charge on any atom is -0.481 e. The number of halogens is 3. The van der Waals surface area contributed by atoms with Crippen molar-refractivity contribution in [2.45, 2.75) is 25.9 Å². The van der Waals surface area contributed by atoms with Crippen LogP contribution in [0.2, 0.25) is 0 Å². The van der Waals surface area contributed by atoms with Crippen LogP contribution in [-0.4, -0.2) is 22.5 Å². The number of Topliss-reactive ketones (excluding diaryl/α,β-unsaturated/α-hetero) is 1. The molecule has 7 heteroatoms. The summed E-state index contributed by atoms with van der Waals surface area (Å²) in [6.07, 6.45) is -3.25. The monoisotopic (exact) mass is 374 g/mol. The largest absolute Gasteiger partial charge is 0.481 e. The first-order chi connectivity index (χ1) is 12.8. The first-order valence-corrected chi connectivity index (χ1v) is 8.58.